The number of aryl methyl sites for hydroxylation is 1. The largest absolute Gasteiger partial charge is 0.497 e. The van der Waals surface area contributed by atoms with Gasteiger partial charge in [-0.05, 0) is 68.3 Å². The van der Waals surface area contributed by atoms with Crippen LogP contribution in [0.1, 0.15) is 24.8 Å². The van der Waals surface area contributed by atoms with Crippen molar-refractivity contribution in [2.75, 3.05) is 43.5 Å². The van der Waals surface area contributed by atoms with Crippen molar-refractivity contribution < 1.29 is 31.1 Å². The zero-order chi connectivity index (χ0) is 28.9. The van der Waals surface area contributed by atoms with Crippen molar-refractivity contribution in [1.82, 2.24) is 4.31 Å². The number of piperidine rings is 1. The molecule has 40 heavy (non-hydrogen) atoms. The van der Waals surface area contributed by atoms with Crippen LogP contribution in [0.3, 0.4) is 0 Å². The molecule has 1 fully saturated rings. The predicted molar refractivity (Wildman–Crippen MR) is 153 cm³/mol. The molecule has 3 aromatic rings. The number of rotatable bonds is 10. The Kier molecular flexibility index (Phi) is 9.02. The number of anilines is 2. The highest BCUT2D eigenvalue weighted by Crippen LogP contribution is 2.35. The van der Waals surface area contributed by atoms with Crippen molar-refractivity contribution in [1.29, 1.82) is 0 Å². The predicted octanol–water partition coefficient (Wildman–Crippen LogP) is 4.02. The van der Waals surface area contributed by atoms with Crippen LogP contribution in [-0.2, 0) is 24.8 Å². The lowest BCUT2D eigenvalue weighted by Crippen LogP contribution is -2.38. The van der Waals surface area contributed by atoms with Gasteiger partial charge >= 0.3 is 0 Å². The number of carbonyl (C=O) groups is 1. The number of methoxy groups -OCH3 is 2. The number of benzene rings is 3. The minimum Gasteiger partial charge on any atom is -0.497 e. The van der Waals surface area contributed by atoms with E-state index in [1.807, 2.05) is 6.92 Å². The van der Waals surface area contributed by atoms with Crippen LogP contribution >= 0.6 is 0 Å². The van der Waals surface area contributed by atoms with Gasteiger partial charge in [-0.25, -0.2) is 16.8 Å². The van der Waals surface area contributed by atoms with E-state index in [0.717, 1.165) is 29.1 Å². The Bertz CT molecular complexity index is 1550. The number of sulfonamides is 2. The van der Waals surface area contributed by atoms with E-state index in [2.05, 4.69) is 5.32 Å². The van der Waals surface area contributed by atoms with Gasteiger partial charge in [-0.3, -0.25) is 9.10 Å². The van der Waals surface area contributed by atoms with Crippen molar-refractivity contribution in [3.8, 4) is 11.5 Å². The van der Waals surface area contributed by atoms with Gasteiger partial charge in [0.25, 0.3) is 10.0 Å². The summed E-state index contributed by atoms with van der Waals surface area (Å²) >= 11 is 0. The van der Waals surface area contributed by atoms with E-state index in [4.69, 9.17) is 9.47 Å². The summed E-state index contributed by atoms with van der Waals surface area (Å²) < 4.78 is 66.5. The topological polar surface area (TPSA) is 122 Å². The summed E-state index contributed by atoms with van der Waals surface area (Å²) in [6.07, 6.45) is 2.67. The average molecular weight is 588 g/mol. The highest BCUT2D eigenvalue weighted by molar-refractivity contribution is 7.93. The molecule has 0 aliphatic carbocycles. The molecule has 1 N–H and O–H groups in total. The molecule has 10 nitrogen and oxygen atoms in total. The van der Waals surface area contributed by atoms with Crippen LogP contribution in [-0.4, -0.2) is 60.9 Å². The Morgan fingerprint density at radius 2 is 1.48 bits per heavy atom. The molecule has 3 aromatic carbocycles. The van der Waals surface area contributed by atoms with Gasteiger partial charge in [-0.2, -0.15) is 4.31 Å². The number of hydrogen-bond acceptors (Lipinski definition) is 7. The van der Waals surface area contributed by atoms with Gasteiger partial charge in [-0.15, -0.1) is 0 Å². The first-order valence-electron chi connectivity index (χ1n) is 12.8. The van der Waals surface area contributed by atoms with Crippen molar-refractivity contribution in [3.05, 3.63) is 72.3 Å². The van der Waals surface area contributed by atoms with Gasteiger partial charge in [0.2, 0.25) is 15.9 Å². The van der Waals surface area contributed by atoms with Gasteiger partial charge < -0.3 is 14.8 Å². The minimum absolute atomic E-state index is 0.0102. The smallest absolute Gasteiger partial charge is 0.264 e. The second-order valence-corrected chi connectivity index (χ2v) is 13.2. The van der Waals surface area contributed by atoms with Crippen molar-refractivity contribution >= 4 is 37.3 Å². The second kappa shape index (κ2) is 12.3. The number of hydrogen-bond donors (Lipinski definition) is 1. The van der Waals surface area contributed by atoms with Gasteiger partial charge in [0.05, 0.1) is 29.7 Å². The van der Waals surface area contributed by atoms with Gasteiger partial charge in [0.1, 0.15) is 18.0 Å². The lowest BCUT2D eigenvalue weighted by molar-refractivity contribution is -0.114. The van der Waals surface area contributed by atoms with Crippen LogP contribution in [0.15, 0.2) is 76.5 Å². The fourth-order valence-corrected chi connectivity index (χ4v) is 7.37. The highest BCUT2D eigenvalue weighted by atomic mass is 32.2. The number of nitrogens with zero attached hydrogens (tertiary/aromatic N) is 2. The molecule has 0 spiro atoms. The first-order chi connectivity index (χ1) is 19.1. The quantitative estimate of drug-likeness (QED) is 0.380. The van der Waals surface area contributed by atoms with E-state index in [1.165, 1.54) is 67.1 Å². The molecule has 0 atom stereocenters. The Hall–Kier alpha value is -3.61. The zero-order valence-corrected chi connectivity index (χ0v) is 24.3. The molecule has 1 aliphatic rings. The van der Waals surface area contributed by atoms with E-state index < -0.39 is 32.5 Å². The van der Waals surface area contributed by atoms with Gasteiger partial charge in [-0.1, -0.05) is 24.1 Å². The first-order valence-corrected chi connectivity index (χ1v) is 15.7. The van der Waals surface area contributed by atoms with Gasteiger partial charge in [0, 0.05) is 24.8 Å². The number of ether oxygens (including phenoxy) is 2. The standard InChI is InChI=1S/C28H33N3O7S2/c1-21-7-12-25(13-8-21)40(35,36)31(26-16-11-23(37-2)19-27(26)38-3)20-28(32)29-22-9-14-24(15-10-22)39(33,34)30-17-5-4-6-18-30/h7-16,19H,4-6,17-18,20H2,1-3H3,(H,29,32). The summed E-state index contributed by atoms with van der Waals surface area (Å²) in [6, 6.07) is 16.8. The molecular formula is C28H33N3O7S2. The monoisotopic (exact) mass is 587 g/mol. The van der Waals surface area contributed by atoms with Crippen LogP contribution in [0.4, 0.5) is 11.4 Å². The highest BCUT2D eigenvalue weighted by Gasteiger charge is 2.30. The zero-order valence-electron chi connectivity index (χ0n) is 22.7. The summed E-state index contributed by atoms with van der Waals surface area (Å²) in [5.74, 6) is 0.0348. The molecule has 0 bridgehead atoms. The summed E-state index contributed by atoms with van der Waals surface area (Å²) in [5, 5.41) is 2.67. The normalized spacial score (nSPS) is 14.4. The first kappa shape index (κ1) is 29.4. The Morgan fingerprint density at radius 3 is 2.08 bits per heavy atom. The Labute approximate surface area is 235 Å². The molecule has 0 radical (unpaired) electrons. The molecule has 1 saturated heterocycles. The third-order valence-corrected chi connectivity index (χ3v) is 10.3. The van der Waals surface area contributed by atoms with Crippen LogP contribution in [0.5, 0.6) is 11.5 Å². The molecule has 12 heteroatoms. The lowest BCUT2D eigenvalue weighted by Gasteiger charge is -2.26. The number of carbonyl (C=O) groups excluding carboxylic acids is 1. The third kappa shape index (κ3) is 6.40. The molecular weight excluding hydrogens is 554 g/mol. The van der Waals surface area contributed by atoms with Gasteiger partial charge in [0.15, 0.2) is 0 Å². The SMILES string of the molecule is COc1ccc(N(CC(=O)Nc2ccc(S(=O)(=O)N3CCCCC3)cc2)S(=O)(=O)c2ccc(C)cc2)c(OC)c1. The van der Waals surface area contributed by atoms with Crippen LogP contribution in [0.25, 0.3) is 0 Å². The molecule has 1 amide bonds. The molecule has 1 heterocycles. The summed E-state index contributed by atoms with van der Waals surface area (Å²) in [4.78, 5) is 13.3. The number of amides is 1. The Morgan fingerprint density at radius 1 is 0.850 bits per heavy atom. The van der Waals surface area contributed by atoms with Crippen molar-refractivity contribution in [3.63, 3.8) is 0 Å². The summed E-state index contributed by atoms with van der Waals surface area (Å²) in [5.41, 5.74) is 1.37. The van der Waals surface area contributed by atoms with Crippen molar-refractivity contribution in [2.24, 2.45) is 0 Å². The van der Waals surface area contributed by atoms with E-state index in [1.54, 1.807) is 18.2 Å². The molecule has 0 aromatic heterocycles. The molecule has 214 valence electrons. The maximum atomic E-state index is 13.7. The van der Waals surface area contributed by atoms with Crippen molar-refractivity contribution in [2.45, 2.75) is 36.0 Å². The fourth-order valence-electron chi connectivity index (χ4n) is 4.42. The van der Waals surface area contributed by atoms with Crippen LogP contribution in [0.2, 0.25) is 0 Å². The van der Waals surface area contributed by atoms with E-state index in [9.17, 15) is 21.6 Å². The van der Waals surface area contributed by atoms with E-state index in [0.29, 0.717) is 24.5 Å². The third-order valence-electron chi connectivity index (χ3n) is 6.64. The molecule has 0 unspecified atom stereocenters. The lowest BCUT2D eigenvalue weighted by atomic mass is 10.2. The maximum absolute atomic E-state index is 13.7. The maximum Gasteiger partial charge on any atom is 0.264 e. The molecule has 4 rings (SSSR count). The van der Waals surface area contributed by atoms with Crippen LogP contribution in [0, 0.1) is 6.92 Å². The average Bonchev–Trinajstić information content (AvgIpc) is 2.96. The molecule has 1 aliphatic heterocycles. The Balaban J connectivity index is 1.60. The summed E-state index contributed by atoms with van der Waals surface area (Å²) in [7, 11) is -4.93. The second-order valence-electron chi connectivity index (χ2n) is 9.40. The minimum atomic E-state index is -4.18. The number of nitrogens with one attached hydrogen (secondary N) is 1. The van der Waals surface area contributed by atoms with E-state index in [-0.39, 0.29) is 21.2 Å². The summed E-state index contributed by atoms with van der Waals surface area (Å²) in [6.45, 7) is 2.26. The fraction of sp³-hybridized carbons (Fsp3) is 0.321. The molecule has 0 saturated carbocycles. The van der Waals surface area contributed by atoms with E-state index >= 15 is 0 Å². The van der Waals surface area contributed by atoms with Crippen LogP contribution < -0.4 is 19.1 Å².